The van der Waals surface area contributed by atoms with Crippen molar-refractivity contribution >= 4 is 46.5 Å². The first-order valence-electron chi connectivity index (χ1n) is 4.72. The highest BCUT2D eigenvalue weighted by molar-refractivity contribution is 8.69. The first kappa shape index (κ1) is 14.8. The van der Waals surface area contributed by atoms with Gasteiger partial charge >= 0.3 is 0 Å². The van der Waals surface area contributed by atoms with Crippen LogP contribution >= 0.6 is 29.2 Å². The predicted molar refractivity (Wildman–Crippen MR) is 74.7 cm³/mol. The van der Waals surface area contributed by atoms with E-state index in [1.165, 1.54) is 5.49 Å². The minimum absolute atomic E-state index is 0.514. The summed E-state index contributed by atoms with van der Waals surface area (Å²) in [5, 5.41) is 3.53. The van der Waals surface area contributed by atoms with Gasteiger partial charge < -0.3 is 9.61 Å². The van der Waals surface area contributed by atoms with Crippen molar-refractivity contribution in [1.29, 1.82) is 0 Å². The minimum Gasteiger partial charge on any atom is -0.326 e. The first-order valence-corrected chi connectivity index (χ1v) is 9.40. The van der Waals surface area contributed by atoms with Crippen LogP contribution in [0.5, 0.6) is 0 Å². The van der Waals surface area contributed by atoms with E-state index in [4.69, 9.17) is 28.5 Å². The zero-order valence-electron chi connectivity index (χ0n) is 8.86. The second-order valence-corrected chi connectivity index (χ2v) is 10.1. The summed E-state index contributed by atoms with van der Waals surface area (Å²) in [6.45, 7) is 7.09. The van der Waals surface area contributed by atoms with Gasteiger partial charge in [0.1, 0.15) is 0 Å². The number of hydrogen-bond donors (Lipinski definition) is 1. The van der Waals surface area contributed by atoms with E-state index in [2.05, 4.69) is 25.9 Å². The van der Waals surface area contributed by atoms with Crippen LogP contribution in [-0.4, -0.2) is 17.3 Å². The molecule has 2 nitrogen and oxygen atoms in total. The fourth-order valence-corrected chi connectivity index (χ4v) is 7.22. The molecule has 2 unspecified atom stereocenters. The van der Waals surface area contributed by atoms with E-state index in [9.17, 15) is 0 Å². The van der Waals surface area contributed by atoms with Gasteiger partial charge in [-0.2, -0.15) is 0 Å². The zero-order chi connectivity index (χ0) is 11.0. The molecule has 0 rings (SSSR count). The van der Waals surface area contributed by atoms with Gasteiger partial charge in [0.2, 0.25) is 5.62 Å². The van der Waals surface area contributed by atoms with Gasteiger partial charge in [0.25, 0.3) is 0 Å². The van der Waals surface area contributed by atoms with Crippen LogP contribution in [0, 0.1) is 0 Å². The summed E-state index contributed by atoms with van der Waals surface area (Å²) in [5.41, 5.74) is -0.490. The molecule has 0 aromatic rings. The number of thiocarbonyl (C=S) groups is 1. The van der Waals surface area contributed by atoms with E-state index < -0.39 is 5.62 Å². The quantitative estimate of drug-likeness (QED) is 0.535. The molecule has 1 N–H and O–H groups in total. The molecule has 0 bridgehead atoms. The van der Waals surface area contributed by atoms with E-state index >= 15 is 0 Å². The van der Waals surface area contributed by atoms with Crippen molar-refractivity contribution in [3.05, 3.63) is 0 Å². The Labute approximate surface area is 101 Å². The van der Waals surface area contributed by atoms with E-state index in [0.717, 1.165) is 12.8 Å². The lowest BCUT2D eigenvalue weighted by atomic mass is 10.4. The van der Waals surface area contributed by atoms with E-state index in [1.54, 1.807) is 11.4 Å². The highest BCUT2D eigenvalue weighted by atomic mass is 32.9. The summed E-state index contributed by atoms with van der Waals surface area (Å²) in [7, 11) is 0. The molecule has 84 valence electrons. The van der Waals surface area contributed by atoms with Crippen molar-refractivity contribution in [3.63, 3.8) is 0 Å². The Morgan fingerprint density at radius 2 is 2.21 bits per heavy atom. The lowest BCUT2D eigenvalue weighted by Crippen LogP contribution is -2.09. The van der Waals surface area contributed by atoms with E-state index in [1.807, 2.05) is 0 Å². The van der Waals surface area contributed by atoms with Gasteiger partial charge in [0.05, 0.1) is 12.1 Å². The standard InChI is InChI=1S/C8H18NOPS3/c1-4-6-10-11(13,9-7-12)14-8(3)5-2/h7-8H,4-6H2,1-3H3,(H,9,12,13). The summed E-state index contributed by atoms with van der Waals surface area (Å²) in [6, 6.07) is 0. The van der Waals surface area contributed by atoms with Gasteiger partial charge in [-0.15, -0.1) is 0 Å². The van der Waals surface area contributed by atoms with E-state index in [0.29, 0.717) is 11.9 Å². The molecule has 0 saturated carbocycles. The molecule has 0 fully saturated rings. The molecule has 0 aromatic carbocycles. The number of rotatable bonds is 8. The van der Waals surface area contributed by atoms with Gasteiger partial charge in [0, 0.05) is 5.25 Å². The fraction of sp³-hybridized carbons (Fsp3) is 0.875. The average molecular weight is 271 g/mol. The summed E-state index contributed by atoms with van der Waals surface area (Å²) < 4.78 is 5.67. The van der Waals surface area contributed by atoms with Gasteiger partial charge in [-0.05, 0) is 24.6 Å². The zero-order valence-corrected chi connectivity index (χ0v) is 12.2. The topological polar surface area (TPSA) is 21.3 Å². The normalized spacial score (nSPS) is 17.1. The maximum absolute atomic E-state index is 5.67. The van der Waals surface area contributed by atoms with Crippen LogP contribution in [0.15, 0.2) is 0 Å². The van der Waals surface area contributed by atoms with Crippen molar-refractivity contribution in [2.75, 3.05) is 6.61 Å². The van der Waals surface area contributed by atoms with Crippen molar-refractivity contribution < 1.29 is 4.52 Å². The largest absolute Gasteiger partial charge is 0.326 e. The van der Waals surface area contributed by atoms with Crippen LogP contribution in [0.3, 0.4) is 0 Å². The monoisotopic (exact) mass is 271 g/mol. The highest BCUT2D eigenvalue weighted by Crippen LogP contribution is 2.58. The molecular formula is C8H18NOPS3. The summed E-state index contributed by atoms with van der Waals surface area (Å²) in [5.74, 6) is 0. The molecule has 14 heavy (non-hydrogen) atoms. The third-order valence-corrected chi connectivity index (χ3v) is 7.75. The van der Waals surface area contributed by atoms with Crippen LogP contribution in [-0.2, 0) is 16.3 Å². The van der Waals surface area contributed by atoms with Gasteiger partial charge in [-0.25, -0.2) is 0 Å². The Balaban J connectivity index is 4.22. The predicted octanol–water partition coefficient (Wildman–Crippen LogP) is 3.72. The molecule has 0 heterocycles. The maximum atomic E-state index is 5.67. The minimum atomic E-state index is -1.97. The number of hydrogen-bond acceptors (Lipinski definition) is 4. The van der Waals surface area contributed by atoms with Crippen LogP contribution < -0.4 is 5.09 Å². The number of nitrogens with one attached hydrogen (secondary N) is 1. The second-order valence-electron chi connectivity index (χ2n) is 2.90. The molecule has 0 saturated heterocycles. The fourth-order valence-electron chi connectivity index (χ4n) is 0.686. The third kappa shape index (κ3) is 6.36. The average Bonchev–Trinajstić information content (AvgIpc) is 2.15. The molecule has 0 aromatic heterocycles. The van der Waals surface area contributed by atoms with Crippen molar-refractivity contribution in [3.8, 4) is 0 Å². The molecule has 0 amide bonds. The molecule has 0 aliphatic rings. The maximum Gasteiger partial charge on any atom is 0.210 e. The highest BCUT2D eigenvalue weighted by Gasteiger charge is 2.19. The Hall–Kier alpha value is 0.850. The molecule has 0 spiro atoms. The molecular weight excluding hydrogens is 253 g/mol. The second kappa shape index (κ2) is 8.05. The summed E-state index contributed by atoms with van der Waals surface area (Å²) in [6.07, 6.45) is 2.08. The van der Waals surface area contributed by atoms with Gasteiger partial charge in [-0.1, -0.05) is 44.4 Å². The van der Waals surface area contributed by atoms with Crippen molar-refractivity contribution in [2.24, 2.45) is 0 Å². The molecule has 0 radical (unpaired) electrons. The first-order chi connectivity index (χ1) is 6.58. The third-order valence-electron chi connectivity index (χ3n) is 1.57. The summed E-state index contributed by atoms with van der Waals surface area (Å²) in [4.78, 5) is 0. The SMILES string of the molecule is CCCOP(=S)(NC=S)SC(C)CC. The van der Waals surface area contributed by atoms with Crippen LogP contribution in [0.25, 0.3) is 0 Å². The van der Waals surface area contributed by atoms with Crippen LogP contribution in [0.4, 0.5) is 0 Å². The summed E-state index contributed by atoms with van der Waals surface area (Å²) >= 11 is 11.9. The Kier molecular flexibility index (Phi) is 8.54. The van der Waals surface area contributed by atoms with Crippen molar-refractivity contribution in [1.82, 2.24) is 5.09 Å². The molecule has 2 atom stereocenters. The van der Waals surface area contributed by atoms with Crippen LogP contribution in [0.1, 0.15) is 33.6 Å². The molecule has 0 aliphatic carbocycles. The van der Waals surface area contributed by atoms with Crippen LogP contribution in [0.2, 0.25) is 0 Å². The lowest BCUT2D eigenvalue weighted by Gasteiger charge is -2.23. The van der Waals surface area contributed by atoms with Crippen molar-refractivity contribution in [2.45, 2.75) is 38.9 Å². The lowest BCUT2D eigenvalue weighted by molar-refractivity contribution is 0.356. The molecule has 0 aliphatic heterocycles. The molecule has 6 heteroatoms. The Morgan fingerprint density at radius 3 is 2.64 bits per heavy atom. The Morgan fingerprint density at radius 1 is 1.57 bits per heavy atom. The Bertz CT molecular complexity index is 213. The van der Waals surface area contributed by atoms with Gasteiger partial charge in [-0.3, -0.25) is 0 Å². The van der Waals surface area contributed by atoms with E-state index in [-0.39, 0.29) is 0 Å². The van der Waals surface area contributed by atoms with Gasteiger partial charge in [0.15, 0.2) is 0 Å². The smallest absolute Gasteiger partial charge is 0.210 e.